The molecule has 36 heavy (non-hydrogen) atoms. The van der Waals surface area contributed by atoms with Crippen molar-refractivity contribution in [3.8, 4) is 5.75 Å². The van der Waals surface area contributed by atoms with Crippen LogP contribution in [0.5, 0.6) is 5.75 Å². The van der Waals surface area contributed by atoms with E-state index in [9.17, 15) is 19.7 Å². The fraction of sp³-hybridized carbons (Fsp3) is 0.259. The van der Waals surface area contributed by atoms with Gasteiger partial charge in [-0.05, 0) is 35.4 Å². The number of hydrogen-bond acceptors (Lipinski definition) is 6. The molecule has 1 heterocycles. The molecule has 0 unspecified atom stereocenters. The molecule has 0 aliphatic carbocycles. The van der Waals surface area contributed by atoms with E-state index in [2.05, 4.69) is 5.32 Å². The van der Waals surface area contributed by atoms with Crippen molar-refractivity contribution in [2.24, 2.45) is 0 Å². The number of para-hydroxylation sites is 1. The van der Waals surface area contributed by atoms with Crippen LogP contribution in [0.2, 0.25) is 0 Å². The van der Waals surface area contributed by atoms with Gasteiger partial charge < -0.3 is 19.9 Å². The molecular formula is C27H28N4O5. The number of nitro benzene ring substituents is 1. The lowest BCUT2D eigenvalue weighted by atomic mass is 10.1. The summed E-state index contributed by atoms with van der Waals surface area (Å²) in [6.07, 6.45) is 0. The first-order valence-electron chi connectivity index (χ1n) is 11.7. The van der Waals surface area contributed by atoms with E-state index >= 15 is 0 Å². The SMILES string of the molecule is CC(=O)N1CCN(c2ccc(C(=O)NCc3ccc(COc4ccccc4)cc3)cc2[N+](=O)[O-])CC1. The normalized spacial score (nSPS) is 13.2. The lowest BCUT2D eigenvalue weighted by Crippen LogP contribution is -2.48. The molecule has 1 saturated heterocycles. The molecule has 9 heteroatoms. The third-order valence-corrected chi connectivity index (χ3v) is 6.12. The van der Waals surface area contributed by atoms with Gasteiger partial charge in [-0.25, -0.2) is 0 Å². The van der Waals surface area contributed by atoms with E-state index in [0.29, 0.717) is 45.0 Å². The predicted octanol–water partition coefficient (Wildman–Crippen LogP) is 3.77. The second-order valence-electron chi connectivity index (χ2n) is 8.55. The van der Waals surface area contributed by atoms with Crippen LogP contribution in [0.3, 0.4) is 0 Å². The Labute approximate surface area is 209 Å². The molecule has 3 aromatic rings. The highest BCUT2D eigenvalue weighted by atomic mass is 16.6. The monoisotopic (exact) mass is 488 g/mol. The van der Waals surface area contributed by atoms with Gasteiger partial charge in [-0.3, -0.25) is 19.7 Å². The third kappa shape index (κ3) is 6.18. The number of anilines is 1. The van der Waals surface area contributed by atoms with Gasteiger partial charge >= 0.3 is 0 Å². The lowest BCUT2D eigenvalue weighted by molar-refractivity contribution is -0.384. The van der Waals surface area contributed by atoms with Gasteiger partial charge in [0.15, 0.2) is 0 Å². The summed E-state index contributed by atoms with van der Waals surface area (Å²) in [5.74, 6) is 0.404. The first-order chi connectivity index (χ1) is 17.4. The summed E-state index contributed by atoms with van der Waals surface area (Å²) < 4.78 is 5.74. The molecule has 1 N–H and O–H groups in total. The Morgan fingerprint density at radius 2 is 1.61 bits per heavy atom. The van der Waals surface area contributed by atoms with Gasteiger partial charge in [0.2, 0.25) is 5.91 Å². The lowest BCUT2D eigenvalue weighted by Gasteiger charge is -2.35. The fourth-order valence-electron chi connectivity index (χ4n) is 4.06. The summed E-state index contributed by atoms with van der Waals surface area (Å²) >= 11 is 0. The first kappa shape index (κ1) is 24.7. The highest BCUT2D eigenvalue weighted by Gasteiger charge is 2.25. The Balaban J connectivity index is 1.34. The Kier molecular flexibility index (Phi) is 7.79. The minimum atomic E-state index is -0.473. The number of benzene rings is 3. The number of ether oxygens (including phenoxy) is 1. The van der Waals surface area contributed by atoms with E-state index < -0.39 is 4.92 Å². The van der Waals surface area contributed by atoms with Crippen LogP contribution < -0.4 is 15.0 Å². The Bertz CT molecular complexity index is 1220. The van der Waals surface area contributed by atoms with Crippen LogP contribution in [-0.2, 0) is 17.9 Å². The summed E-state index contributed by atoms with van der Waals surface area (Å²) in [6, 6.07) is 21.8. The van der Waals surface area contributed by atoms with Crippen LogP contribution in [0.15, 0.2) is 72.8 Å². The van der Waals surface area contributed by atoms with Gasteiger partial charge in [0.25, 0.3) is 11.6 Å². The maximum Gasteiger partial charge on any atom is 0.293 e. The zero-order chi connectivity index (χ0) is 25.5. The third-order valence-electron chi connectivity index (χ3n) is 6.12. The van der Waals surface area contributed by atoms with E-state index in [4.69, 9.17) is 4.74 Å². The molecule has 2 amide bonds. The van der Waals surface area contributed by atoms with Crippen molar-refractivity contribution in [1.82, 2.24) is 10.2 Å². The molecule has 1 aliphatic rings. The summed E-state index contributed by atoms with van der Waals surface area (Å²) in [5.41, 5.74) is 2.46. The van der Waals surface area contributed by atoms with Crippen LogP contribution in [0.4, 0.5) is 11.4 Å². The highest BCUT2D eigenvalue weighted by molar-refractivity contribution is 5.95. The molecule has 1 aliphatic heterocycles. The molecule has 1 fully saturated rings. The molecule has 0 spiro atoms. The van der Waals surface area contributed by atoms with Gasteiger partial charge in [-0.2, -0.15) is 0 Å². The van der Waals surface area contributed by atoms with E-state index in [1.165, 1.54) is 13.0 Å². The smallest absolute Gasteiger partial charge is 0.293 e. The summed E-state index contributed by atoms with van der Waals surface area (Å²) in [4.78, 5) is 39.1. The maximum absolute atomic E-state index is 12.7. The van der Waals surface area contributed by atoms with Crippen LogP contribution in [0.1, 0.15) is 28.4 Å². The number of amides is 2. The standard InChI is InChI=1S/C27H28N4O5/c1-20(32)29-13-15-30(16-14-29)25-12-11-23(17-26(25)31(34)35)27(33)28-18-21-7-9-22(10-8-21)19-36-24-5-3-2-4-6-24/h2-12,17H,13-16,18-19H2,1H3,(H,28,33). The van der Waals surface area contributed by atoms with Gasteiger partial charge in [0.1, 0.15) is 18.0 Å². The molecule has 9 nitrogen and oxygen atoms in total. The number of nitrogens with zero attached hydrogens (tertiary/aromatic N) is 3. The van der Waals surface area contributed by atoms with Crippen LogP contribution >= 0.6 is 0 Å². The molecule has 4 rings (SSSR count). The fourth-order valence-corrected chi connectivity index (χ4v) is 4.06. The average molecular weight is 489 g/mol. The van der Waals surface area contributed by atoms with Crippen molar-refractivity contribution in [3.63, 3.8) is 0 Å². The molecule has 0 radical (unpaired) electrons. The number of rotatable bonds is 8. The van der Waals surface area contributed by atoms with E-state index in [1.54, 1.807) is 17.0 Å². The molecule has 186 valence electrons. The number of carbonyl (C=O) groups is 2. The first-order valence-corrected chi connectivity index (χ1v) is 11.7. The van der Waals surface area contributed by atoms with E-state index in [0.717, 1.165) is 16.9 Å². The van der Waals surface area contributed by atoms with Gasteiger partial charge in [-0.15, -0.1) is 0 Å². The summed E-state index contributed by atoms with van der Waals surface area (Å²) in [5, 5.41) is 14.6. The van der Waals surface area contributed by atoms with Crippen LogP contribution in [0, 0.1) is 10.1 Å². The zero-order valence-corrected chi connectivity index (χ0v) is 20.1. The summed E-state index contributed by atoms with van der Waals surface area (Å²) in [6.45, 7) is 4.26. The van der Waals surface area contributed by atoms with Crippen molar-refractivity contribution in [2.45, 2.75) is 20.1 Å². The quantitative estimate of drug-likeness (QED) is 0.382. The van der Waals surface area contributed by atoms with Crippen molar-refractivity contribution in [3.05, 3.63) is 99.6 Å². The second-order valence-corrected chi connectivity index (χ2v) is 8.55. The van der Waals surface area contributed by atoms with Gasteiger partial charge in [-0.1, -0.05) is 42.5 Å². The number of nitro groups is 1. The minimum Gasteiger partial charge on any atom is -0.489 e. The summed E-state index contributed by atoms with van der Waals surface area (Å²) in [7, 11) is 0. The Morgan fingerprint density at radius 3 is 2.25 bits per heavy atom. The molecular weight excluding hydrogens is 460 g/mol. The zero-order valence-electron chi connectivity index (χ0n) is 20.1. The van der Waals surface area contributed by atoms with Crippen molar-refractivity contribution in [1.29, 1.82) is 0 Å². The van der Waals surface area contributed by atoms with Crippen LogP contribution in [-0.4, -0.2) is 47.8 Å². The Hall–Kier alpha value is -4.40. The molecule has 3 aromatic carbocycles. The van der Waals surface area contributed by atoms with Gasteiger partial charge in [0, 0.05) is 51.3 Å². The van der Waals surface area contributed by atoms with Gasteiger partial charge in [0.05, 0.1) is 4.92 Å². The minimum absolute atomic E-state index is 0.00803. The molecule has 0 atom stereocenters. The predicted molar refractivity (Wildman–Crippen MR) is 136 cm³/mol. The maximum atomic E-state index is 12.7. The number of nitrogens with one attached hydrogen (secondary N) is 1. The Morgan fingerprint density at radius 1 is 0.944 bits per heavy atom. The van der Waals surface area contributed by atoms with E-state index in [1.807, 2.05) is 59.5 Å². The highest BCUT2D eigenvalue weighted by Crippen LogP contribution is 2.30. The molecule has 0 bridgehead atoms. The van der Waals surface area contributed by atoms with Crippen LogP contribution in [0.25, 0.3) is 0 Å². The topological polar surface area (TPSA) is 105 Å². The number of hydrogen-bond donors (Lipinski definition) is 1. The second kappa shape index (κ2) is 11.4. The van der Waals surface area contributed by atoms with Crippen molar-refractivity contribution < 1.29 is 19.2 Å². The molecule has 0 saturated carbocycles. The van der Waals surface area contributed by atoms with Crippen molar-refractivity contribution >= 4 is 23.2 Å². The largest absolute Gasteiger partial charge is 0.489 e. The molecule has 0 aromatic heterocycles. The average Bonchev–Trinajstić information content (AvgIpc) is 2.91. The number of piperazine rings is 1. The van der Waals surface area contributed by atoms with Crippen molar-refractivity contribution in [2.75, 3.05) is 31.1 Å². The number of carbonyl (C=O) groups excluding carboxylic acids is 2. The van der Waals surface area contributed by atoms with E-state index in [-0.39, 0.29) is 23.1 Å².